The number of hydrogen-bond donors (Lipinski definition) is 2. The van der Waals surface area contributed by atoms with Crippen molar-refractivity contribution in [2.24, 2.45) is 0 Å². The van der Waals surface area contributed by atoms with Gasteiger partial charge in [-0.25, -0.2) is 4.79 Å². The Morgan fingerprint density at radius 1 is 0.929 bits per heavy atom. The number of amides is 1. The number of benzene rings is 2. The summed E-state index contributed by atoms with van der Waals surface area (Å²) in [7, 11) is -2.20. The molecule has 1 amide bonds. The smallest absolute Gasteiger partial charge is 0.334 e. The second kappa shape index (κ2) is 10.2. The van der Waals surface area contributed by atoms with Gasteiger partial charge in [0, 0.05) is 5.56 Å². The first-order valence-electron chi connectivity index (χ1n) is 9.77. The lowest BCUT2D eigenvalue weighted by Crippen LogP contribution is -2.49. The van der Waals surface area contributed by atoms with Gasteiger partial charge >= 0.3 is 5.97 Å². The quantitative estimate of drug-likeness (QED) is 0.571. The Morgan fingerprint density at radius 2 is 1.43 bits per heavy atom. The largest absolute Gasteiger partial charge is 0.479 e. The highest BCUT2D eigenvalue weighted by Gasteiger charge is 2.40. The van der Waals surface area contributed by atoms with Crippen molar-refractivity contribution in [3.8, 4) is 0 Å². The molecule has 5 nitrogen and oxygen atoms in total. The van der Waals surface area contributed by atoms with Crippen molar-refractivity contribution in [3.63, 3.8) is 0 Å². The van der Waals surface area contributed by atoms with E-state index in [4.69, 9.17) is 4.43 Å². The van der Waals surface area contributed by atoms with E-state index in [9.17, 15) is 14.7 Å². The molecule has 0 aliphatic heterocycles. The highest BCUT2D eigenvalue weighted by Crippen LogP contribution is 2.29. The van der Waals surface area contributed by atoms with E-state index in [1.165, 1.54) is 0 Å². The summed E-state index contributed by atoms with van der Waals surface area (Å²) in [6.07, 6.45) is -1.14. The summed E-state index contributed by atoms with van der Waals surface area (Å²) in [4.78, 5) is 25.0. The number of aliphatic carboxylic acids is 1. The highest BCUT2D eigenvalue weighted by molar-refractivity contribution is 6.73. The van der Waals surface area contributed by atoms with Gasteiger partial charge in [-0.05, 0) is 35.8 Å². The molecule has 2 rings (SSSR count). The lowest BCUT2D eigenvalue weighted by Gasteiger charge is -2.35. The van der Waals surface area contributed by atoms with Crippen LogP contribution in [-0.4, -0.2) is 31.4 Å². The fourth-order valence-corrected chi connectivity index (χ4v) is 6.11. The van der Waals surface area contributed by atoms with Crippen LogP contribution in [0, 0.1) is 0 Å². The fraction of sp³-hybridized carbons (Fsp3) is 0.364. The van der Waals surface area contributed by atoms with Crippen LogP contribution in [0.15, 0.2) is 60.7 Å². The number of rotatable bonds is 10. The first kappa shape index (κ1) is 21.9. The van der Waals surface area contributed by atoms with E-state index in [2.05, 4.69) is 26.1 Å². The minimum atomic E-state index is -2.20. The van der Waals surface area contributed by atoms with Gasteiger partial charge in [0.25, 0.3) is 5.91 Å². The van der Waals surface area contributed by atoms with Crippen molar-refractivity contribution in [2.75, 3.05) is 0 Å². The second-order valence-corrected chi connectivity index (χ2v) is 11.6. The molecule has 0 saturated heterocycles. The van der Waals surface area contributed by atoms with Crippen LogP contribution in [0.5, 0.6) is 0 Å². The summed E-state index contributed by atoms with van der Waals surface area (Å²) in [6, 6.07) is 19.7. The summed E-state index contributed by atoms with van der Waals surface area (Å²) < 4.78 is 6.33. The van der Waals surface area contributed by atoms with Gasteiger partial charge in [-0.1, -0.05) is 69.3 Å². The Kier molecular flexibility index (Phi) is 7.96. The predicted molar refractivity (Wildman–Crippen MR) is 113 cm³/mol. The molecule has 0 saturated carbocycles. The summed E-state index contributed by atoms with van der Waals surface area (Å²) in [5, 5.41) is 12.9. The monoisotopic (exact) mass is 399 g/mol. The number of carboxylic acids is 1. The first-order chi connectivity index (χ1) is 13.5. The summed E-state index contributed by atoms with van der Waals surface area (Å²) in [6.45, 7) is 6.16. The standard InChI is InChI=1S/C22H29NO4Si/c1-4-28(5-2,6-3)27-20(22(25)26)19(17-13-9-7-10-14-17)23-21(24)18-15-11-8-12-16-18/h7-16,19-20H,4-6H2,1-3H3,(H,23,24)(H,25,26)/t19-,20?/m0/s1. The molecule has 2 aromatic rings. The van der Waals surface area contributed by atoms with Gasteiger partial charge in [0.2, 0.25) is 0 Å². The molecule has 1 unspecified atom stereocenters. The van der Waals surface area contributed by atoms with Gasteiger partial charge in [0.05, 0.1) is 6.04 Å². The average molecular weight is 400 g/mol. The van der Waals surface area contributed by atoms with Crippen molar-refractivity contribution in [1.82, 2.24) is 5.32 Å². The van der Waals surface area contributed by atoms with Crippen LogP contribution >= 0.6 is 0 Å². The second-order valence-electron chi connectivity index (χ2n) is 6.85. The molecular formula is C22H29NO4Si. The predicted octanol–water partition coefficient (Wildman–Crippen LogP) is 4.63. The van der Waals surface area contributed by atoms with Gasteiger partial charge < -0.3 is 14.8 Å². The molecule has 0 heterocycles. The van der Waals surface area contributed by atoms with Crippen LogP contribution in [0.3, 0.4) is 0 Å². The number of hydrogen-bond acceptors (Lipinski definition) is 3. The molecule has 6 heteroatoms. The van der Waals surface area contributed by atoms with E-state index in [0.29, 0.717) is 11.1 Å². The topological polar surface area (TPSA) is 75.6 Å². The van der Waals surface area contributed by atoms with Crippen LogP contribution in [-0.2, 0) is 9.22 Å². The third-order valence-electron chi connectivity index (χ3n) is 5.34. The zero-order valence-electron chi connectivity index (χ0n) is 16.7. The van der Waals surface area contributed by atoms with Crippen molar-refractivity contribution in [3.05, 3.63) is 71.8 Å². The van der Waals surface area contributed by atoms with Gasteiger partial charge in [0.15, 0.2) is 14.4 Å². The molecule has 2 atom stereocenters. The van der Waals surface area contributed by atoms with Gasteiger partial charge in [-0.2, -0.15) is 0 Å². The molecule has 0 fully saturated rings. The summed E-state index contributed by atoms with van der Waals surface area (Å²) >= 11 is 0. The zero-order chi connectivity index (χ0) is 20.6. The van der Waals surface area contributed by atoms with E-state index in [1.54, 1.807) is 24.3 Å². The maximum absolute atomic E-state index is 12.8. The molecular weight excluding hydrogens is 370 g/mol. The third-order valence-corrected chi connectivity index (χ3v) is 9.96. The summed E-state index contributed by atoms with van der Waals surface area (Å²) in [5.41, 5.74) is 1.20. The Morgan fingerprint density at radius 3 is 1.89 bits per heavy atom. The SMILES string of the molecule is CC[Si](CC)(CC)OC(C(=O)O)[C@@H](NC(=O)c1ccccc1)c1ccccc1. The van der Waals surface area contributed by atoms with Crippen LogP contribution < -0.4 is 5.32 Å². The third kappa shape index (κ3) is 5.30. The molecule has 0 radical (unpaired) electrons. The Labute approximate surface area is 167 Å². The Bertz CT molecular complexity index is 754. The van der Waals surface area contributed by atoms with E-state index in [-0.39, 0.29) is 5.91 Å². The molecule has 2 N–H and O–H groups in total. The van der Waals surface area contributed by atoms with E-state index in [0.717, 1.165) is 18.1 Å². The molecule has 0 spiro atoms. The Balaban J connectivity index is 2.40. The molecule has 0 aliphatic carbocycles. The maximum atomic E-state index is 12.8. The summed E-state index contributed by atoms with van der Waals surface area (Å²) in [5.74, 6) is -1.38. The minimum Gasteiger partial charge on any atom is -0.479 e. The number of carbonyl (C=O) groups excluding carboxylic acids is 1. The lowest BCUT2D eigenvalue weighted by molar-refractivity contribution is -0.147. The molecule has 28 heavy (non-hydrogen) atoms. The Hall–Kier alpha value is -2.44. The first-order valence-corrected chi connectivity index (χ1v) is 12.3. The van der Waals surface area contributed by atoms with Crippen molar-refractivity contribution >= 4 is 20.2 Å². The molecule has 2 aromatic carbocycles. The molecule has 0 bridgehead atoms. The van der Waals surface area contributed by atoms with Crippen molar-refractivity contribution in [2.45, 2.75) is 51.0 Å². The average Bonchev–Trinajstić information content (AvgIpc) is 2.75. The highest BCUT2D eigenvalue weighted by atomic mass is 28.4. The number of nitrogens with one attached hydrogen (secondary N) is 1. The fourth-order valence-electron chi connectivity index (χ4n) is 3.34. The maximum Gasteiger partial charge on any atom is 0.334 e. The minimum absolute atomic E-state index is 0.318. The van der Waals surface area contributed by atoms with Gasteiger partial charge in [-0.3, -0.25) is 4.79 Å². The van der Waals surface area contributed by atoms with Gasteiger partial charge in [0.1, 0.15) is 0 Å². The van der Waals surface area contributed by atoms with Crippen LogP contribution in [0.2, 0.25) is 18.1 Å². The van der Waals surface area contributed by atoms with E-state index < -0.39 is 26.4 Å². The molecule has 150 valence electrons. The van der Waals surface area contributed by atoms with E-state index >= 15 is 0 Å². The molecule has 0 aliphatic rings. The normalized spacial score (nSPS) is 13.5. The lowest BCUT2D eigenvalue weighted by atomic mass is 10.0. The van der Waals surface area contributed by atoms with Crippen molar-refractivity contribution < 1.29 is 19.1 Å². The van der Waals surface area contributed by atoms with E-state index in [1.807, 2.05) is 36.4 Å². The van der Waals surface area contributed by atoms with Crippen LogP contribution in [0.1, 0.15) is 42.7 Å². The van der Waals surface area contributed by atoms with Crippen LogP contribution in [0.25, 0.3) is 0 Å². The van der Waals surface area contributed by atoms with Crippen LogP contribution in [0.4, 0.5) is 0 Å². The number of carbonyl (C=O) groups is 2. The van der Waals surface area contributed by atoms with Gasteiger partial charge in [-0.15, -0.1) is 0 Å². The zero-order valence-corrected chi connectivity index (χ0v) is 17.7. The molecule has 0 aromatic heterocycles. The number of carboxylic acid groups (broad SMARTS) is 1. The van der Waals surface area contributed by atoms with Crippen molar-refractivity contribution in [1.29, 1.82) is 0 Å².